The van der Waals surface area contributed by atoms with Crippen LogP contribution in [-0.2, 0) is 30.5 Å². The van der Waals surface area contributed by atoms with E-state index in [0.29, 0.717) is 48.1 Å². The van der Waals surface area contributed by atoms with Crippen LogP contribution in [0.2, 0.25) is 0 Å². The van der Waals surface area contributed by atoms with Crippen LogP contribution in [0.4, 0.5) is 43.8 Å². The van der Waals surface area contributed by atoms with Gasteiger partial charge in [-0.15, -0.1) is 16.7 Å². The highest BCUT2D eigenvalue weighted by Gasteiger charge is 2.47. The van der Waals surface area contributed by atoms with E-state index in [0.717, 1.165) is 16.7 Å². The lowest BCUT2D eigenvalue weighted by atomic mass is 9.87. The molecule has 74 heavy (non-hydrogen) atoms. The molecule has 390 valence electrons. The summed E-state index contributed by atoms with van der Waals surface area (Å²) < 4.78 is 121. The second kappa shape index (κ2) is 22.3. The number of pyridine rings is 1. The predicted molar refractivity (Wildman–Crippen MR) is 268 cm³/mol. The van der Waals surface area contributed by atoms with Crippen molar-refractivity contribution in [3.63, 3.8) is 0 Å². The van der Waals surface area contributed by atoms with Gasteiger partial charge in [0.15, 0.2) is 11.6 Å². The van der Waals surface area contributed by atoms with Gasteiger partial charge in [-0.3, -0.25) is 4.90 Å². The van der Waals surface area contributed by atoms with E-state index in [1.165, 1.54) is 19.2 Å². The van der Waals surface area contributed by atoms with Gasteiger partial charge in [0.2, 0.25) is 0 Å². The Morgan fingerprint density at radius 1 is 0.838 bits per heavy atom. The van der Waals surface area contributed by atoms with E-state index < -0.39 is 71.1 Å². The number of rotatable bonds is 19. The number of aromatic nitrogens is 5. The van der Waals surface area contributed by atoms with Crippen LogP contribution in [0.3, 0.4) is 0 Å². The summed E-state index contributed by atoms with van der Waals surface area (Å²) in [4.78, 5) is 19.3. The molecule has 0 radical (unpaired) electrons. The monoisotopic (exact) mass is 1050 g/mol. The molecule has 2 aliphatic heterocycles. The molecule has 0 bridgehead atoms. The second-order valence-electron chi connectivity index (χ2n) is 18.1. The predicted octanol–water partition coefficient (Wildman–Crippen LogP) is 10.6. The molecular formula is C53H54ClF6N9O5. The molecule has 5 heterocycles. The Morgan fingerprint density at radius 3 is 2.03 bits per heavy atom. The number of likely N-dealkylation sites (tertiary alicyclic amines) is 1. The smallest absolute Gasteiger partial charge is 0.418 e. The Morgan fingerprint density at radius 2 is 1.46 bits per heavy atom. The maximum Gasteiger partial charge on any atom is 0.418 e. The fraction of sp³-hybridized carbons (Fsp3) is 0.377. The number of ether oxygens (including phenoxy) is 5. The number of nitrogens with one attached hydrogen (secondary N) is 1. The van der Waals surface area contributed by atoms with E-state index in [1.807, 2.05) is 60.4 Å². The normalized spacial score (nSPS) is 18.1. The average Bonchev–Trinajstić information content (AvgIpc) is 3.60. The Hall–Kier alpha value is -6.90. The fourth-order valence-corrected chi connectivity index (χ4v) is 9.93. The molecule has 3 aliphatic rings. The van der Waals surface area contributed by atoms with E-state index >= 15 is 17.6 Å². The molecule has 6 aromatic rings. The molecule has 0 saturated carbocycles. The van der Waals surface area contributed by atoms with Crippen LogP contribution < -0.4 is 34.1 Å². The molecule has 14 nitrogen and oxygen atoms in total. The molecular weight excluding hydrogens is 992 g/mol. The van der Waals surface area contributed by atoms with E-state index in [4.69, 9.17) is 45.3 Å². The zero-order valence-electron chi connectivity index (χ0n) is 41.2. The molecule has 2 unspecified atom stereocenters. The number of halogens is 7. The number of alkyl halides is 6. The fourth-order valence-electron chi connectivity index (χ4n) is 9.53. The largest absolute Gasteiger partial charge is 0.497 e. The number of hydrogen-bond donors (Lipinski definition) is 1. The van der Waals surface area contributed by atoms with Gasteiger partial charge in [-0.2, -0.15) is 28.2 Å². The molecule has 1 aliphatic carbocycles. The summed E-state index contributed by atoms with van der Waals surface area (Å²) in [6.45, 7) is 3.87. The summed E-state index contributed by atoms with van der Waals surface area (Å²) in [5.74, 6) is 1.44. The molecule has 4 atom stereocenters. The summed E-state index contributed by atoms with van der Waals surface area (Å²) in [6, 6.07) is 23.8. The SMILES string of the molecule is COc1ccc(CNc2nnccc2[C@@H](C)N2CCOC3c4c(nc(OC[C@@H]5CCN5CC(F)F)nc42)C(F)=C(c2nc(N(Cc4ccc(OC)cc4)Cc4ccc(OC)cc4)cc(C)c2C(F)(F)F)C3Cl)cc1. The number of benzene rings is 3. The maximum atomic E-state index is 18.2. The van der Waals surface area contributed by atoms with Crippen molar-refractivity contribution in [1.29, 1.82) is 0 Å². The van der Waals surface area contributed by atoms with Crippen molar-refractivity contribution in [2.24, 2.45) is 0 Å². The van der Waals surface area contributed by atoms with Gasteiger partial charge < -0.3 is 38.8 Å². The zero-order valence-corrected chi connectivity index (χ0v) is 41.9. The Kier molecular flexibility index (Phi) is 15.7. The van der Waals surface area contributed by atoms with Gasteiger partial charge in [-0.1, -0.05) is 36.4 Å². The molecule has 3 aromatic carbocycles. The summed E-state index contributed by atoms with van der Waals surface area (Å²) in [7, 11) is 4.67. The zero-order chi connectivity index (χ0) is 52.3. The van der Waals surface area contributed by atoms with Gasteiger partial charge >= 0.3 is 12.2 Å². The van der Waals surface area contributed by atoms with Crippen LogP contribution in [0.15, 0.2) is 91.1 Å². The first kappa shape index (κ1) is 52.0. The standard InChI is InChI=1S/C53H54ClF6N9O5/c1-30-24-41(68(26-33-8-14-37(71-4)15-9-33)27-34-10-16-38(72-5)17-11-34)63-47(44(30)53(58,59)60)42-45(54)49-43-48(46(42)57)64-52(74-29-35-19-21-67(35)28-40(55)56)65-51(43)69(22-23-73-49)31(2)39-18-20-62-66-50(39)61-25-32-6-12-36(70-3)13-7-32/h6-18,20,24,31,35,40,45,49H,19,21-23,25-29H2,1-5H3,(H,61,66)/t31-,35+,45?,49?/m1/s1. The maximum absolute atomic E-state index is 18.2. The summed E-state index contributed by atoms with van der Waals surface area (Å²) in [6.07, 6.45) is -6.81. The van der Waals surface area contributed by atoms with Crippen molar-refractivity contribution in [1.82, 2.24) is 30.0 Å². The van der Waals surface area contributed by atoms with E-state index in [1.54, 1.807) is 61.5 Å². The van der Waals surface area contributed by atoms with Gasteiger partial charge in [-0.25, -0.2) is 18.2 Å². The lowest BCUT2D eigenvalue weighted by molar-refractivity contribution is -0.138. The molecule has 21 heteroatoms. The van der Waals surface area contributed by atoms with Crippen LogP contribution in [0.1, 0.15) is 75.8 Å². The van der Waals surface area contributed by atoms with Crippen molar-refractivity contribution >= 4 is 40.5 Å². The lowest BCUT2D eigenvalue weighted by Crippen LogP contribution is -2.52. The molecule has 0 amide bonds. The van der Waals surface area contributed by atoms with Crippen molar-refractivity contribution in [3.8, 4) is 23.3 Å². The van der Waals surface area contributed by atoms with Gasteiger partial charge in [0.25, 0.3) is 6.43 Å². The van der Waals surface area contributed by atoms with Crippen LogP contribution in [0, 0.1) is 6.92 Å². The lowest BCUT2D eigenvalue weighted by Gasteiger charge is -2.40. The van der Waals surface area contributed by atoms with Gasteiger partial charge in [0, 0.05) is 49.9 Å². The molecule has 1 fully saturated rings. The van der Waals surface area contributed by atoms with Crippen LogP contribution >= 0.6 is 11.6 Å². The van der Waals surface area contributed by atoms with Crippen molar-refractivity contribution in [3.05, 3.63) is 141 Å². The van der Waals surface area contributed by atoms with Crippen molar-refractivity contribution in [2.45, 2.75) is 76.1 Å². The van der Waals surface area contributed by atoms with Gasteiger partial charge in [0.1, 0.15) is 47.3 Å². The van der Waals surface area contributed by atoms with Crippen molar-refractivity contribution < 1.29 is 50.0 Å². The molecule has 1 saturated heterocycles. The average molecular weight is 1050 g/mol. The third-order valence-corrected chi connectivity index (χ3v) is 14.0. The highest BCUT2D eigenvalue weighted by Crippen LogP contribution is 2.53. The Bertz CT molecular complexity index is 2910. The molecule has 3 aromatic heterocycles. The quantitative estimate of drug-likeness (QED) is 0.0609. The number of anilines is 3. The number of aryl methyl sites for hydroxylation is 1. The van der Waals surface area contributed by atoms with E-state index in [2.05, 4.69) is 20.5 Å². The number of nitrogens with zero attached hydrogens (tertiary/aromatic N) is 8. The van der Waals surface area contributed by atoms with Crippen LogP contribution in [0.5, 0.6) is 23.3 Å². The summed E-state index contributed by atoms with van der Waals surface area (Å²) in [5.41, 5.74) is 0.126. The highest BCUT2D eigenvalue weighted by molar-refractivity contribution is 6.29. The molecule has 9 rings (SSSR count). The van der Waals surface area contributed by atoms with Gasteiger partial charge in [-0.05, 0) is 91.1 Å². The third-order valence-electron chi connectivity index (χ3n) is 13.5. The molecule has 0 spiro atoms. The first-order valence-corrected chi connectivity index (χ1v) is 24.3. The minimum Gasteiger partial charge on any atom is -0.497 e. The second-order valence-corrected chi connectivity index (χ2v) is 18.6. The van der Waals surface area contributed by atoms with E-state index in [9.17, 15) is 8.78 Å². The first-order chi connectivity index (χ1) is 35.6. The minimum absolute atomic E-state index is 0.0347. The number of methoxy groups -OCH3 is 3. The minimum atomic E-state index is -5.03. The Labute approximate surface area is 429 Å². The summed E-state index contributed by atoms with van der Waals surface area (Å²) in [5, 5.41) is 10.3. The highest BCUT2D eigenvalue weighted by atomic mass is 35.5. The molecule has 1 N–H and O–H groups in total. The van der Waals surface area contributed by atoms with E-state index in [-0.39, 0.29) is 61.6 Å². The van der Waals surface area contributed by atoms with Crippen LogP contribution in [0.25, 0.3) is 11.4 Å². The first-order valence-electron chi connectivity index (χ1n) is 23.9. The number of hydrogen-bond acceptors (Lipinski definition) is 14. The third kappa shape index (κ3) is 11.1. The van der Waals surface area contributed by atoms with Crippen LogP contribution in [-0.4, -0.2) is 102 Å². The Balaban J connectivity index is 1.16. The van der Waals surface area contributed by atoms with Gasteiger partial charge in [0.05, 0.1) is 68.9 Å². The summed E-state index contributed by atoms with van der Waals surface area (Å²) >= 11 is 7.35. The topological polar surface area (TPSA) is 132 Å². The van der Waals surface area contributed by atoms with Crippen molar-refractivity contribution in [2.75, 3.05) is 69.3 Å².